The van der Waals surface area contributed by atoms with Gasteiger partial charge >= 0.3 is 0 Å². The molecule has 0 amide bonds. The molecule has 5 heteroatoms. The third-order valence-electron chi connectivity index (χ3n) is 2.79. The minimum absolute atomic E-state index is 0.136. The van der Waals surface area contributed by atoms with Gasteiger partial charge in [-0.2, -0.15) is 0 Å². The maximum absolute atomic E-state index is 11.2. The molecule has 2 rings (SSSR count). The molecule has 0 saturated heterocycles. The molecule has 4 N–H and O–H groups in total. The van der Waals surface area contributed by atoms with Gasteiger partial charge in [-0.25, -0.2) is 4.99 Å². The van der Waals surface area contributed by atoms with Gasteiger partial charge in [0, 0.05) is 11.3 Å². The molecule has 0 bridgehead atoms. The summed E-state index contributed by atoms with van der Waals surface area (Å²) in [4.78, 5) is 19.6. The molecule has 5 nitrogen and oxygen atoms in total. The monoisotopic (exact) mass is 280 g/mol. The van der Waals surface area contributed by atoms with Crippen LogP contribution in [0, 0.1) is 0 Å². The Kier molecular flexibility index (Phi) is 4.82. The highest BCUT2D eigenvalue weighted by atomic mass is 16.1. The number of hydrogen-bond acceptors (Lipinski definition) is 4. The Labute approximate surface area is 123 Å². The van der Waals surface area contributed by atoms with E-state index in [-0.39, 0.29) is 12.3 Å². The van der Waals surface area contributed by atoms with Gasteiger partial charge in [-0.1, -0.05) is 36.4 Å². The molecule has 0 unspecified atom stereocenters. The van der Waals surface area contributed by atoms with E-state index in [0.29, 0.717) is 23.4 Å². The molecule has 106 valence electrons. The van der Waals surface area contributed by atoms with Crippen molar-refractivity contribution in [2.45, 2.75) is 0 Å². The van der Waals surface area contributed by atoms with Crippen LogP contribution in [0.2, 0.25) is 0 Å². The second kappa shape index (κ2) is 7.00. The van der Waals surface area contributed by atoms with Gasteiger partial charge in [0.1, 0.15) is 11.5 Å². The van der Waals surface area contributed by atoms with Crippen LogP contribution in [-0.2, 0) is 4.79 Å². The minimum Gasteiger partial charge on any atom is -0.398 e. The number of nitrogens with zero attached hydrogens (tertiary/aromatic N) is 2. The van der Waals surface area contributed by atoms with Crippen LogP contribution in [0.1, 0.15) is 5.56 Å². The van der Waals surface area contributed by atoms with Gasteiger partial charge in [-0.15, -0.1) is 0 Å². The van der Waals surface area contributed by atoms with Crippen molar-refractivity contribution >= 4 is 29.2 Å². The summed E-state index contributed by atoms with van der Waals surface area (Å²) in [6, 6.07) is 16.4. The Morgan fingerprint density at radius 1 is 1.05 bits per heavy atom. The van der Waals surface area contributed by atoms with Crippen LogP contribution >= 0.6 is 0 Å². The Morgan fingerprint density at radius 2 is 1.71 bits per heavy atom. The lowest BCUT2D eigenvalue weighted by atomic mass is 10.1. The van der Waals surface area contributed by atoms with Crippen molar-refractivity contribution in [3.8, 4) is 0 Å². The van der Waals surface area contributed by atoms with Crippen LogP contribution in [0.3, 0.4) is 0 Å². The fourth-order valence-electron chi connectivity index (χ4n) is 1.79. The molecule has 0 aliphatic rings. The maximum atomic E-state index is 11.2. The molecule has 21 heavy (non-hydrogen) atoms. The van der Waals surface area contributed by atoms with Crippen molar-refractivity contribution in [1.82, 2.24) is 0 Å². The third-order valence-corrected chi connectivity index (χ3v) is 2.79. The van der Waals surface area contributed by atoms with E-state index >= 15 is 0 Å². The Balaban J connectivity index is 2.17. The van der Waals surface area contributed by atoms with Crippen molar-refractivity contribution < 1.29 is 4.79 Å². The van der Waals surface area contributed by atoms with E-state index in [9.17, 15) is 4.79 Å². The van der Waals surface area contributed by atoms with Crippen molar-refractivity contribution in [2.75, 3.05) is 12.3 Å². The van der Waals surface area contributed by atoms with Gasteiger partial charge in [0.25, 0.3) is 0 Å². The number of amidine groups is 1. The van der Waals surface area contributed by atoms with Gasteiger partial charge < -0.3 is 11.5 Å². The summed E-state index contributed by atoms with van der Waals surface area (Å²) in [5.41, 5.74) is 13.8. The van der Waals surface area contributed by atoms with Crippen molar-refractivity contribution in [2.24, 2.45) is 15.7 Å². The summed E-state index contributed by atoms with van der Waals surface area (Å²) in [6.07, 6.45) is 0.668. The molecule has 0 spiro atoms. The van der Waals surface area contributed by atoms with Crippen molar-refractivity contribution in [3.05, 3.63) is 60.2 Å². The number of aldehydes is 1. The van der Waals surface area contributed by atoms with Gasteiger partial charge in [0.05, 0.1) is 12.2 Å². The normalized spacial score (nSPS) is 12.2. The van der Waals surface area contributed by atoms with Gasteiger partial charge in [0.15, 0.2) is 6.29 Å². The highest BCUT2D eigenvalue weighted by molar-refractivity contribution is 6.37. The molecule has 0 saturated carbocycles. The van der Waals surface area contributed by atoms with E-state index in [1.54, 1.807) is 24.3 Å². The van der Waals surface area contributed by atoms with Crippen LogP contribution in [0.25, 0.3) is 0 Å². The molecule has 0 heterocycles. The number of benzene rings is 2. The molecule has 0 aliphatic heterocycles. The number of nitrogens with two attached hydrogens (primary N) is 2. The minimum atomic E-state index is 0.136. The van der Waals surface area contributed by atoms with Gasteiger partial charge in [0.2, 0.25) is 0 Å². The molecular formula is C16H16N4O. The predicted octanol–water partition coefficient (Wildman–Crippen LogP) is 1.95. The second-order valence-electron chi connectivity index (χ2n) is 4.35. The van der Waals surface area contributed by atoms with Gasteiger partial charge in [-0.05, 0) is 18.2 Å². The molecule has 2 aromatic rings. The number of para-hydroxylation sites is 2. The average molecular weight is 280 g/mol. The van der Waals surface area contributed by atoms with E-state index in [2.05, 4.69) is 9.98 Å². The number of aliphatic imine (C=N–C) groups is 2. The number of rotatable bonds is 5. The van der Waals surface area contributed by atoms with E-state index in [1.165, 1.54) is 0 Å². The Morgan fingerprint density at radius 3 is 2.38 bits per heavy atom. The SMILES string of the molecule is NC(CN=C(C=O)c1ccccc1N)=Nc1ccccc1. The molecular weight excluding hydrogens is 264 g/mol. The lowest BCUT2D eigenvalue weighted by Gasteiger charge is -2.04. The van der Waals surface area contributed by atoms with Crippen LogP contribution in [0.5, 0.6) is 0 Å². The topological polar surface area (TPSA) is 93.8 Å². The number of carbonyl (C=O) groups excluding carboxylic acids is 1. The first-order valence-corrected chi connectivity index (χ1v) is 6.43. The first kappa shape index (κ1) is 14.5. The fraction of sp³-hybridized carbons (Fsp3) is 0.0625. The summed E-state index contributed by atoms with van der Waals surface area (Å²) in [7, 11) is 0. The third kappa shape index (κ3) is 4.01. The lowest BCUT2D eigenvalue weighted by molar-refractivity contribution is -0.102. The summed E-state index contributed by atoms with van der Waals surface area (Å²) in [5.74, 6) is 0.329. The zero-order valence-corrected chi connectivity index (χ0v) is 11.4. The smallest absolute Gasteiger partial charge is 0.168 e. The number of nitrogen functional groups attached to an aromatic ring is 1. The molecule has 0 aliphatic carbocycles. The zero-order valence-electron chi connectivity index (χ0n) is 11.4. The largest absolute Gasteiger partial charge is 0.398 e. The quantitative estimate of drug-likeness (QED) is 0.379. The lowest BCUT2D eigenvalue weighted by Crippen LogP contribution is -2.17. The van der Waals surface area contributed by atoms with Crippen LogP contribution < -0.4 is 11.5 Å². The summed E-state index contributed by atoms with van der Waals surface area (Å²) >= 11 is 0. The van der Waals surface area contributed by atoms with Crippen molar-refractivity contribution in [3.63, 3.8) is 0 Å². The summed E-state index contributed by atoms with van der Waals surface area (Å²) in [5, 5.41) is 0. The van der Waals surface area contributed by atoms with E-state index in [4.69, 9.17) is 11.5 Å². The number of carbonyl (C=O) groups is 1. The fourth-order valence-corrected chi connectivity index (χ4v) is 1.79. The van der Waals surface area contributed by atoms with E-state index in [0.717, 1.165) is 5.69 Å². The van der Waals surface area contributed by atoms with Gasteiger partial charge in [-0.3, -0.25) is 9.79 Å². The highest BCUT2D eigenvalue weighted by Gasteiger charge is 2.05. The van der Waals surface area contributed by atoms with Crippen LogP contribution in [0.15, 0.2) is 64.6 Å². The summed E-state index contributed by atoms with van der Waals surface area (Å²) in [6.45, 7) is 0.136. The predicted molar refractivity (Wildman–Crippen MR) is 86.0 cm³/mol. The first-order chi connectivity index (χ1) is 10.2. The zero-order chi connectivity index (χ0) is 15.1. The Bertz CT molecular complexity index is 678. The molecule has 2 aromatic carbocycles. The number of hydrogen-bond donors (Lipinski definition) is 2. The van der Waals surface area contributed by atoms with Crippen LogP contribution in [-0.4, -0.2) is 24.4 Å². The van der Waals surface area contributed by atoms with Crippen molar-refractivity contribution in [1.29, 1.82) is 0 Å². The summed E-state index contributed by atoms with van der Waals surface area (Å²) < 4.78 is 0. The highest BCUT2D eigenvalue weighted by Crippen LogP contribution is 2.12. The molecule has 0 fully saturated rings. The standard InChI is InChI=1S/C16H16N4O/c17-14-9-5-4-8-13(14)15(11-21)19-10-16(18)20-12-6-2-1-3-7-12/h1-9,11H,10,17H2,(H2,18,20). The number of anilines is 1. The Hall–Kier alpha value is -2.95. The molecule has 0 atom stereocenters. The second-order valence-corrected chi connectivity index (χ2v) is 4.35. The van der Waals surface area contributed by atoms with E-state index in [1.807, 2.05) is 30.3 Å². The average Bonchev–Trinajstić information content (AvgIpc) is 2.50. The molecule has 0 aromatic heterocycles. The molecule has 0 radical (unpaired) electrons. The van der Waals surface area contributed by atoms with Crippen LogP contribution in [0.4, 0.5) is 11.4 Å². The van der Waals surface area contributed by atoms with E-state index < -0.39 is 0 Å². The maximum Gasteiger partial charge on any atom is 0.168 e. The first-order valence-electron chi connectivity index (χ1n) is 6.43.